The van der Waals surface area contributed by atoms with Crippen molar-refractivity contribution in [3.05, 3.63) is 72.6 Å². The van der Waals surface area contributed by atoms with E-state index in [1.54, 1.807) is 30.7 Å². The van der Waals surface area contributed by atoms with Gasteiger partial charge in [-0.25, -0.2) is 4.98 Å². The molecule has 2 aromatic heterocycles. The molecular weight excluding hydrogens is 312 g/mol. The Morgan fingerprint density at radius 3 is 2.78 bits per heavy atom. The van der Waals surface area contributed by atoms with Crippen molar-refractivity contribution in [1.82, 2.24) is 9.55 Å². The zero-order valence-electron chi connectivity index (χ0n) is 12.1. The molecule has 1 amide bonds. The topological polar surface area (TPSA) is 73.9 Å². The summed E-state index contributed by atoms with van der Waals surface area (Å²) in [6.07, 6.45) is 6.68. The van der Waals surface area contributed by atoms with Crippen molar-refractivity contribution in [2.45, 2.75) is 5.03 Å². The van der Waals surface area contributed by atoms with Gasteiger partial charge in [0.05, 0.1) is 12.1 Å². The summed E-state index contributed by atoms with van der Waals surface area (Å²) in [6.45, 7) is 0. The molecular formula is C16H14N4O2S. The Morgan fingerprint density at radius 1 is 1.26 bits per heavy atom. The van der Waals surface area contributed by atoms with E-state index in [2.05, 4.69) is 10.3 Å². The van der Waals surface area contributed by atoms with Gasteiger partial charge in [0.15, 0.2) is 6.20 Å². The van der Waals surface area contributed by atoms with Crippen LogP contribution in [-0.4, -0.2) is 21.2 Å². The van der Waals surface area contributed by atoms with Crippen molar-refractivity contribution < 1.29 is 9.52 Å². The van der Waals surface area contributed by atoms with Crippen molar-refractivity contribution >= 4 is 23.4 Å². The van der Waals surface area contributed by atoms with Crippen LogP contribution in [0.3, 0.4) is 0 Å². The molecule has 0 saturated heterocycles. The van der Waals surface area contributed by atoms with E-state index in [9.17, 15) is 10.0 Å². The number of amides is 1. The highest BCUT2D eigenvalue weighted by Gasteiger charge is 2.09. The molecule has 0 aliphatic carbocycles. The van der Waals surface area contributed by atoms with E-state index >= 15 is 0 Å². The minimum absolute atomic E-state index is 0.158. The maximum Gasteiger partial charge on any atom is 0.251 e. The fourth-order valence-electron chi connectivity index (χ4n) is 1.99. The van der Waals surface area contributed by atoms with Crippen LogP contribution in [0.15, 0.2) is 72.4 Å². The molecule has 2 heterocycles. The number of imidazole rings is 1. The van der Waals surface area contributed by atoms with Gasteiger partial charge in [-0.3, -0.25) is 4.79 Å². The number of nitrogens with one attached hydrogen (secondary N) is 1. The third kappa shape index (κ3) is 3.89. The molecule has 1 aromatic carbocycles. The largest absolute Gasteiger partial charge is 0.618 e. The molecule has 0 saturated carbocycles. The van der Waals surface area contributed by atoms with Gasteiger partial charge in [0.1, 0.15) is 0 Å². The summed E-state index contributed by atoms with van der Waals surface area (Å²) >= 11 is 1.20. The molecule has 3 rings (SSSR count). The van der Waals surface area contributed by atoms with Gasteiger partial charge >= 0.3 is 0 Å². The lowest BCUT2D eigenvalue weighted by molar-refractivity contribution is -0.645. The number of nitrogens with zero attached hydrogens (tertiary/aromatic N) is 3. The predicted molar refractivity (Wildman–Crippen MR) is 88.3 cm³/mol. The second kappa shape index (κ2) is 6.97. The zero-order chi connectivity index (χ0) is 16.1. The van der Waals surface area contributed by atoms with Gasteiger partial charge in [0, 0.05) is 35.9 Å². The fourth-order valence-corrected chi connectivity index (χ4v) is 2.70. The first-order valence-electron chi connectivity index (χ1n) is 6.91. The summed E-state index contributed by atoms with van der Waals surface area (Å²) in [5.41, 5.74) is 1.68. The SMILES string of the molecule is O=C(CSc1cccc[n+]1[O-])Nc1ccc(-n2ccnc2)cc1. The molecule has 0 unspecified atom stereocenters. The number of hydrogen-bond donors (Lipinski definition) is 1. The summed E-state index contributed by atoms with van der Waals surface area (Å²) in [6, 6.07) is 12.6. The third-order valence-corrected chi connectivity index (χ3v) is 4.11. The third-order valence-electron chi connectivity index (χ3n) is 3.09. The minimum Gasteiger partial charge on any atom is -0.618 e. The van der Waals surface area contributed by atoms with Crippen molar-refractivity contribution in [1.29, 1.82) is 0 Å². The van der Waals surface area contributed by atoms with Crippen LogP contribution < -0.4 is 10.0 Å². The van der Waals surface area contributed by atoms with E-state index in [1.165, 1.54) is 18.0 Å². The second-order valence-electron chi connectivity index (χ2n) is 4.72. The number of rotatable bonds is 5. The van der Waals surface area contributed by atoms with Crippen molar-refractivity contribution in [2.75, 3.05) is 11.1 Å². The first-order chi connectivity index (χ1) is 11.2. The maximum atomic E-state index is 12.0. The number of thioether (sulfide) groups is 1. The normalized spacial score (nSPS) is 10.4. The molecule has 0 fully saturated rings. The van der Waals surface area contributed by atoms with Crippen LogP contribution in [0.5, 0.6) is 0 Å². The van der Waals surface area contributed by atoms with E-state index in [-0.39, 0.29) is 11.7 Å². The van der Waals surface area contributed by atoms with Crippen LogP contribution in [0.1, 0.15) is 0 Å². The van der Waals surface area contributed by atoms with Crippen molar-refractivity contribution in [3.63, 3.8) is 0 Å². The van der Waals surface area contributed by atoms with Crippen LogP contribution in [0.2, 0.25) is 0 Å². The van der Waals surface area contributed by atoms with E-state index in [4.69, 9.17) is 0 Å². The second-order valence-corrected chi connectivity index (χ2v) is 5.71. The number of carbonyl (C=O) groups excluding carboxylic acids is 1. The summed E-state index contributed by atoms with van der Waals surface area (Å²) in [5, 5.41) is 14.8. The number of aromatic nitrogens is 3. The highest BCUT2D eigenvalue weighted by molar-refractivity contribution is 7.99. The summed E-state index contributed by atoms with van der Waals surface area (Å²) < 4.78 is 2.63. The monoisotopic (exact) mass is 326 g/mol. The Balaban J connectivity index is 1.57. The van der Waals surface area contributed by atoms with E-state index in [1.807, 2.05) is 35.0 Å². The van der Waals surface area contributed by atoms with E-state index in [0.717, 1.165) is 10.4 Å². The van der Waals surface area contributed by atoms with Crippen LogP contribution in [0, 0.1) is 5.21 Å². The fraction of sp³-hybridized carbons (Fsp3) is 0.0625. The summed E-state index contributed by atoms with van der Waals surface area (Å²) in [4.78, 5) is 15.9. The number of carbonyl (C=O) groups is 1. The molecule has 0 radical (unpaired) electrons. The Bertz CT molecular complexity index is 788. The summed E-state index contributed by atoms with van der Waals surface area (Å²) in [5.74, 6) is 0.0180. The average molecular weight is 326 g/mol. The standard InChI is InChI=1S/C16H14N4O2S/c21-15(11-23-16-3-1-2-9-20(16)22)18-13-4-6-14(7-5-13)19-10-8-17-12-19/h1-10,12H,11H2,(H,18,21). The highest BCUT2D eigenvalue weighted by Crippen LogP contribution is 2.15. The number of benzene rings is 1. The molecule has 0 aliphatic heterocycles. The van der Waals surface area contributed by atoms with E-state index < -0.39 is 0 Å². The molecule has 6 nitrogen and oxygen atoms in total. The average Bonchev–Trinajstić information content (AvgIpc) is 3.09. The maximum absolute atomic E-state index is 12.0. The molecule has 3 aromatic rings. The smallest absolute Gasteiger partial charge is 0.251 e. The van der Waals surface area contributed by atoms with Gasteiger partial charge in [-0.1, -0.05) is 0 Å². The van der Waals surface area contributed by atoms with Crippen LogP contribution in [0.25, 0.3) is 5.69 Å². The van der Waals surface area contributed by atoms with Crippen LogP contribution >= 0.6 is 11.8 Å². The van der Waals surface area contributed by atoms with Gasteiger partial charge in [0.25, 0.3) is 5.03 Å². The Hall–Kier alpha value is -2.80. The predicted octanol–water partition coefficient (Wildman–Crippen LogP) is 2.24. The van der Waals surface area contributed by atoms with Gasteiger partial charge in [0.2, 0.25) is 5.91 Å². The lowest BCUT2D eigenvalue weighted by Crippen LogP contribution is -2.28. The lowest BCUT2D eigenvalue weighted by Gasteiger charge is -2.07. The Kier molecular flexibility index (Phi) is 4.58. The molecule has 1 N–H and O–H groups in total. The molecule has 0 aliphatic rings. The quantitative estimate of drug-likeness (QED) is 0.443. The molecule has 116 valence electrons. The number of anilines is 1. The van der Waals surface area contributed by atoms with Gasteiger partial charge in [-0.05, 0) is 42.1 Å². The van der Waals surface area contributed by atoms with Crippen molar-refractivity contribution in [2.24, 2.45) is 0 Å². The van der Waals surface area contributed by atoms with E-state index in [0.29, 0.717) is 10.7 Å². The molecule has 0 spiro atoms. The van der Waals surface area contributed by atoms with Crippen molar-refractivity contribution in [3.8, 4) is 5.69 Å². The van der Waals surface area contributed by atoms with Crippen LogP contribution in [-0.2, 0) is 4.79 Å². The van der Waals surface area contributed by atoms with Gasteiger partial charge < -0.3 is 15.1 Å². The lowest BCUT2D eigenvalue weighted by atomic mass is 10.3. The first kappa shape index (κ1) is 15.1. The van der Waals surface area contributed by atoms with Gasteiger partial charge in [-0.15, -0.1) is 0 Å². The first-order valence-corrected chi connectivity index (χ1v) is 7.90. The zero-order valence-corrected chi connectivity index (χ0v) is 12.9. The highest BCUT2D eigenvalue weighted by atomic mass is 32.2. The minimum atomic E-state index is -0.158. The summed E-state index contributed by atoms with van der Waals surface area (Å²) in [7, 11) is 0. The van der Waals surface area contributed by atoms with Gasteiger partial charge in [-0.2, -0.15) is 4.73 Å². The Morgan fingerprint density at radius 2 is 2.09 bits per heavy atom. The Labute approximate surface area is 137 Å². The molecule has 23 heavy (non-hydrogen) atoms. The molecule has 0 bridgehead atoms. The molecule has 7 heteroatoms. The van der Waals surface area contributed by atoms with Crippen LogP contribution in [0.4, 0.5) is 5.69 Å². The molecule has 0 atom stereocenters. The number of pyridine rings is 1. The number of hydrogen-bond acceptors (Lipinski definition) is 4.